The van der Waals surface area contributed by atoms with Crippen LogP contribution in [0.3, 0.4) is 0 Å². The molecular weight excluding hydrogens is 328 g/mol. The summed E-state index contributed by atoms with van der Waals surface area (Å²) >= 11 is 0. The summed E-state index contributed by atoms with van der Waals surface area (Å²) in [5, 5.41) is 8.79. The first-order valence-corrected chi connectivity index (χ1v) is 12.0. The molecule has 0 spiro atoms. The van der Waals surface area contributed by atoms with Crippen LogP contribution < -0.4 is 0 Å². The van der Waals surface area contributed by atoms with Gasteiger partial charge in [-0.2, -0.15) is 5.26 Å². The van der Waals surface area contributed by atoms with E-state index >= 15 is 0 Å². The van der Waals surface area contributed by atoms with Gasteiger partial charge in [0.05, 0.1) is 12.6 Å². The van der Waals surface area contributed by atoms with Crippen molar-refractivity contribution in [2.75, 3.05) is 19.6 Å². The predicted molar refractivity (Wildman–Crippen MR) is 121 cm³/mol. The predicted octanol–water partition coefficient (Wildman–Crippen LogP) is 8.04. The minimum Gasteiger partial charge on any atom is -0.287 e. The Bertz CT molecular complexity index is 332. The summed E-state index contributed by atoms with van der Waals surface area (Å²) in [6.07, 6.45) is 27.3. The molecule has 0 saturated heterocycles. The van der Waals surface area contributed by atoms with Crippen LogP contribution in [0.1, 0.15) is 122 Å². The molecule has 2 nitrogen and oxygen atoms in total. The Balaban J connectivity index is 3.14. The maximum Gasteiger partial charge on any atom is 0.0868 e. The Labute approximate surface area is 171 Å². The van der Waals surface area contributed by atoms with E-state index in [-0.39, 0.29) is 0 Å². The average Bonchev–Trinajstić information content (AvgIpc) is 2.67. The van der Waals surface area contributed by atoms with Gasteiger partial charge in [0.15, 0.2) is 0 Å². The minimum absolute atomic E-state index is 0.533. The second kappa shape index (κ2) is 23.2. The van der Waals surface area contributed by atoms with Gasteiger partial charge in [0.1, 0.15) is 0 Å². The molecule has 0 aliphatic carbocycles. The van der Waals surface area contributed by atoms with Gasteiger partial charge in [0, 0.05) is 6.54 Å². The zero-order chi connectivity index (χ0) is 19.8. The highest BCUT2D eigenvalue weighted by atomic mass is 15.1. The third-order valence-electron chi connectivity index (χ3n) is 5.51. The number of rotatable bonds is 22. The number of unbranched alkanes of at least 4 members (excludes halogenated alkanes) is 17. The lowest BCUT2D eigenvalue weighted by Crippen LogP contribution is -2.25. The molecule has 0 atom stereocenters. The first-order valence-electron chi connectivity index (χ1n) is 12.0. The van der Waals surface area contributed by atoms with Crippen molar-refractivity contribution >= 4 is 0 Å². The molecule has 0 aromatic carbocycles. The van der Waals surface area contributed by atoms with Crippen molar-refractivity contribution in [3.63, 3.8) is 0 Å². The largest absolute Gasteiger partial charge is 0.287 e. The van der Waals surface area contributed by atoms with Gasteiger partial charge in [0.2, 0.25) is 0 Å². The highest BCUT2D eigenvalue weighted by Gasteiger charge is 2.01. The molecule has 0 fully saturated rings. The lowest BCUT2D eigenvalue weighted by molar-refractivity contribution is 0.327. The van der Waals surface area contributed by atoms with Gasteiger partial charge in [-0.3, -0.25) is 4.90 Å². The normalized spacial score (nSPS) is 11.0. The number of hydrogen-bond donors (Lipinski definition) is 0. The van der Waals surface area contributed by atoms with Crippen molar-refractivity contribution in [2.24, 2.45) is 0 Å². The van der Waals surface area contributed by atoms with Crippen molar-refractivity contribution in [1.82, 2.24) is 4.90 Å². The van der Waals surface area contributed by atoms with Crippen molar-refractivity contribution in [3.8, 4) is 6.07 Å². The summed E-state index contributed by atoms with van der Waals surface area (Å²) < 4.78 is 0. The average molecular weight is 377 g/mol. The summed E-state index contributed by atoms with van der Waals surface area (Å²) in [5.74, 6) is 0. The van der Waals surface area contributed by atoms with Crippen LogP contribution in [0.5, 0.6) is 0 Å². The molecule has 0 aromatic rings. The highest BCUT2D eigenvalue weighted by molar-refractivity contribution is 4.81. The number of nitriles is 1. The van der Waals surface area contributed by atoms with Crippen LogP contribution in [-0.4, -0.2) is 24.5 Å². The van der Waals surface area contributed by atoms with E-state index in [4.69, 9.17) is 5.26 Å². The quantitative estimate of drug-likeness (QED) is 0.109. The standard InChI is InChI=1S/C25H48N2/c1-3-5-6-7-8-9-10-11-12-13-14-15-16-17-18-19-20-21-24-27(23-4-2)25-22-26/h4H,2-3,5-21,23-25H2,1H3. The molecule has 27 heavy (non-hydrogen) atoms. The molecule has 0 saturated carbocycles. The molecule has 0 rings (SSSR count). The monoisotopic (exact) mass is 376 g/mol. The zero-order valence-corrected chi connectivity index (χ0v) is 18.5. The fraction of sp³-hybridized carbons (Fsp3) is 0.880. The Kier molecular flexibility index (Phi) is 22.5. The van der Waals surface area contributed by atoms with Gasteiger partial charge in [-0.25, -0.2) is 0 Å². The van der Waals surface area contributed by atoms with E-state index in [2.05, 4.69) is 24.5 Å². The molecule has 0 bridgehead atoms. The summed E-state index contributed by atoms with van der Waals surface area (Å²) in [6.45, 7) is 8.46. The van der Waals surface area contributed by atoms with Crippen LogP contribution in [0.2, 0.25) is 0 Å². The number of nitrogens with zero attached hydrogens (tertiary/aromatic N) is 2. The molecule has 0 aliphatic rings. The first kappa shape index (κ1) is 26.2. The lowest BCUT2D eigenvalue weighted by Gasteiger charge is -2.16. The molecule has 0 radical (unpaired) electrons. The molecule has 0 unspecified atom stereocenters. The number of hydrogen-bond acceptors (Lipinski definition) is 2. The van der Waals surface area contributed by atoms with Crippen molar-refractivity contribution < 1.29 is 0 Å². The zero-order valence-electron chi connectivity index (χ0n) is 18.5. The Morgan fingerprint density at radius 1 is 0.667 bits per heavy atom. The van der Waals surface area contributed by atoms with Gasteiger partial charge in [-0.1, -0.05) is 122 Å². The molecule has 158 valence electrons. The first-order chi connectivity index (χ1) is 13.3. The summed E-state index contributed by atoms with van der Waals surface area (Å²) in [4.78, 5) is 2.18. The fourth-order valence-electron chi connectivity index (χ4n) is 3.75. The minimum atomic E-state index is 0.533. The summed E-state index contributed by atoms with van der Waals surface area (Å²) in [7, 11) is 0. The van der Waals surface area contributed by atoms with E-state index in [1.807, 2.05) is 6.08 Å². The third kappa shape index (κ3) is 21.3. The lowest BCUT2D eigenvalue weighted by atomic mass is 10.0. The second-order valence-corrected chi connectivity index (χ2v) is 8.19. The molecule has 0 N–H and O–H groups in total. The molecule has 0 aromatic heterocycles. The smallest absolute Gasteiger partial charge is 0.0868 e. The van der Waals surface area contributed by atoms with E-state index in [0.717, 1.165) is 13.1 Å². The van der Waals surface area contributed by atoms with E-state index in [1.54, 1.807) is 0 Å². The Morgan fingerprint density at radius 2 is 1.04 bits per heavy atom. The maximum absolute atomic E-state index is 8.79. The molecular formula is C25H48N2. The fourth-order valence-corrected chi connectivity index (χ4v) is 3.75. The maximum atomic E-state index is 8.79. The van der Waals surface area contributed by atoms with Gasteiger partial charge in [-0.15, -0.1) is 6.58 Å². The van der Waals surface area contributed by atoms with Crippen molar-refractivity contribution in [2.45, 2.75) is 122 Å². The van der Waals surface area contributed by atoms with Gasteiger partial charge in [-0.05, 0) is 13.0 Å². The Hall–Kier alpha value is -0.810. The van der Waals surface area contributed by atoms with E-state index in [0.29, 0.717) is 6.54 Å². The molecule has 0 heterocycles. The van der Waals surface area contributed by atoms with Crippen molar-refractivity contribution in [3.05, 3.63) is 12.7 Å². The molecule has 0 amide bonds. The highest BCUT2D eigenvalue weighted by Crippen LogP contribution is 2.14. The van der Waals surface area contributed by atoms with Crippen LogP contribution in [-0.2, 0) is 0 Å². The van der Waals surface area contributed by atoms with Crippen LogP contribution in [0, 0.1) is 11.3 Å². The van der Waals surface area contributed by atoms with E-state index < -0.39 is 0 Å². The summed E-state index contributed by atoms with van der Waals surface area (Å²) in [6, 6.07) is 2.24. The van der Waals surface area contributed by atoms with E-state index in [9.17, 15) is 0 Å². The van der Waals surface area contributed by atoms with Crippen LogP contribution in [0.15, 0.2) is 12.7 Å². The van der Waals surface area contributed by atoms with Crippen molar-refractivity contribution in [1.29, 1.82) is 5.26 Å². The van der Waals surface area contributed by atoms with Crippen LogP contribution in [0.4, 0.5) is 0 Å². The van der Waals surface area contributed by atoms with Crippen LogP contribution >= 0.6 is 0 Å². The van der Waals surface area contributed by atoms with Gasteiger partial charge >= 0.3 is 0 Å². The van der Waals surface area contributed by atoms with Gasteiger partial charge in [0.25, 0.3) is 0 Å². The van der Waals surface area contributed by atoms with Crippen LogP contribution in [0.25, 0.3) is 0 Å². The van der Waals surface area contributed by atoms with E-state index in [1.165, 1.54) is 116 Å². The molecule has 0 aliphatic heterocycles. The SMILES string of the molecule is C=CCN(CC#N)CCCCCCCCCCCCCCCCCCCC. The topological polar surface area (TPSA) is 27.0 Å². The van der Waals surface area contributed by atoms with Gasteiger partial charge < -0.3 is 0 Å². The third-order valence-corrected chi connectivity index (χ3v) is 5.51. The Morgan fingerprint density at radius 3 is 1.37 bits per heavy atom. The summed E-state index contributed by atoms with van der Waals surface area (Å²) in [5.41, 5.74) is 0. The molecule has 2 heteroatoms. The second-order valence-electron chi connectivity index (χ2n) is 8.19.